The topological polar surface area (TPSA) is 113 Å². The molecule has 2 aromatic rings. The van der Waals surface area contributed by atoms with E-state index in [9.17, 15) is 9.59 Å². The maximum absolute atomic E-state index is 12.7. The van der Waals surface area contributed by atoms with Crippen LogP contribution in [0.2, 0.25) is 0 Å². The third-order valence-corrected chi connectivity index (χ3v) is 4.84. The van der Waals surface area contributed by atoms with Crippen molar-refractivity contribution in [3.8, 4) is 11.3 Å². The Kier molecular flexibility index (Phi) is 8.34. The number of aliphatic hydroxyl groups is 1. The largest absolute Gasteiger partial charge is 0.395 e. The number of pyridine rings is 1. The predicted molar refractivity (Wildman–Crippen MR) is 116 cm³/mol. The van der Waals surface area contributed by atoms with Gasteiger partial charge in [-0.1, -0.05) is 12.1 Å². The first-order chi connectivity index (χ1) is 15.1. The summed E-state index contributed by atoms with van der Waals surface area (Å²) in [5.41, 5.74) is 2.38. The van der Waals surface area contributed by atoms with Gasteiger partial charge >= 0.3 is 0 Å². The minimum absolute atomic E-state index is 0.121. The maximum atomic E-state index is 12.7. The van der Waals surface area contributed by atoms with Crippen molar-refractivity contribution in [2.45, 2.75) is 0 Å². The van der Waals surface area contributed by atoms with E-state index in [0.717, 1.165) is 5.56 Å². The lowest BCUT2D eigenvalue weighted by atomic mass is 10.1. The van der Waals surface area contributed by atoms with Crippen LogP contribution in [0.25, 0.3) is 11.3 Å². The lowest BCUT2D eigenvalue weighted by Crippen LogP contribution is -2.39. The summed E-state index contributed by atoms with van der Waals surface area (Å²) in [6.45, 7) is 3.31. The molecule has 31 heavy (non-hydrogen) atoms. The summed E-state index contributed by atoms with van der Waals surface area (Å²) in [6, 6.07) is 10.6. The number of amides is 2. The van der Waals surface area contributed by atoms with Gasteiger partial charge in [-0.2, -0.15) is 0 Å². The number of nitrogens with one attached hydrogen (secondary N) is 2. The van der Waals surface area contributed by atoms with E-state index in [1.54, 1.807) is 37.4 Å². The number of rotatable bonds is 9. The first-order valence-corrected chi connectivity index (χ1v) is 10.2. The van der Waals surface area contributed by atoms with Crippen molar-refractivity contribution >= 4 is 17.6 Å². The molecule has 1 aliphatic rings. The van der Waals surface area contributed by atoms with E-state index in [2.05, 4.69) is 10.6 Å². The SMILES string of the molecule is COCCNC(=O)c1ccc(-c2cccc(C(=O)NCCO)c2)nc1N1CCOCC1. The molecule has 1 aromatic carbocycles. The number of aliphatic hydroxyl groups excluding tert-OH is 1. The number of aromatic nitrogens is 1. The molecular formula is C22H28N4O5. The summed E-state index contributed by atoms with van der Waals surface area (Å²) in [6.07, 6.45) is 0. The highest BCUT2D eigenvalue weighted by atomic mass is 16.5. The normalized spacial score (nSPS) is 13.7. The average molecular weight is 428 g/mol. The molecular weight excluding hydrogens is 400 g/mol. The molecule has 0 saturated carbocycles. The quantitative estimate of drug-likeness (QED) is 0.504. The van der Waals surface area contributed by atoms with Crippen molar-refractivity contribution in [2.24, 2.45) is 0 Å². The first-order valence-electron chi connectivity index (χ1n) is 10.2. The van der Waals surface area contributed by atoms with Crippen molar-refractivity contribution < 1.29 is 24.2 Å². The van der Waals surface area contributed by atoms with Crippen molar-refractivity contribution in [3.63, 3.8) is 0 Å². The Morgan fingerprint density at radius 2 is 1.90 bits per heavy atom. The van der Waals surface area contributed by atoms with Gasteiger partial charge in [0.1, 0.15) is 5.82 Å². The van der Waals surface area contributed by atoms with Gasteiger partial charge in [-0.25, -0.2) is 4.98 Å². The summed E-state index contributed by atoms with van der Waals surface area (Å²) in [5, 5.41) is 14.4. The second-order valence-corrected chi connectivity index (χ2v) is 6.98. The Hall–Kier alpha value is -3.01. The number of carbonyl (C=O) groups excluding carboxylic acids is 2. The van der Waals surface area contributed by atoms with Crippen molar-refractivity contribution in [1.82, 2.24) is 15.6 Å². The van der Waals surface area contributed by atoms with Crippen LogP contribution in [0, 0.1) is 0 Å². The number of benzene rings is 1. The summed E-state index contributed by atoms with van der Waals surface area (Å²) in [4.78, 5) is 31.8. The molecule has 1 fully saturated rings. The van der Waals surface area contributed by atoms with E-state index >= 15 is 0 Å². The van der Waals surface area contributed by atoms with Gasteiger partial charge in [-0.15, -0.1) is 0 Å². The third kappa shape index (κ3) is 6.00. The molecule has 0 aliphatic carbocycles. The summed E-state index contributed by atoms with van der Waals surface area (Å²) >= 11 is 0. The Morgan fingerprint density at radius 1 is 1.13 bits per heavy atom. The Bertz CT molecular complexity index is 899. The van der Waals surface area contributed by atoms with Crippen LogP contribution in [0.15, 0.2) is 36.4 Å². The predicted octanol–water partition coefficient (Wildman–Crippen LogP) is 0.683. The van der Waals surface area contributed by atoms with Gasteiger partial charge in [0.15, 0.2) is 0 Å². The molecule has 2 heterocycles. The molecule has 166 valence electrons. The van der Waals surface area contributed by atoms with Crippen LogP contribution in [0.5, 0.6) is 0 Å². The number of carbonyl (C=O) groups is 2. The fourth-order valence-corrected chi connectivity index (χ4v) is 3.26. The number of ether oxygens (including phenoxy) is 2. The van der Waals surface area contributed by atoms with Gasteiger partial charge in [0, 0.05) is 44.4 Å². The monoisotopic (exact) mass is 428 g/mol. The molecule has 1 aromatic heterocycles. The summed E-state index contributed by atoms with van der Waals surface area (Å²) in [5.74, 6) is 0.110. The number of morpholine rings is 1. The summed E-state index contributed by atoms with van der Waals surface area (Å²) in [7, 11) is 1.58. The molecule has 1 aliphatic heterocycles. The van der Waals surface area contributed by atoms with Crippen molar-refractivity contribution in [1.29, 1.82) is 0 Å². The zero-order valence-corrected chi connectivity index (χ0v) is 17.6. The second kappa shape index (κ2) is 11.4. The zero-order chi connectivity index (χ0) is 22.1. The zero-order valence-electron chi connectivity index (χ0n) is 17.6. The Labute approximate surface area is 181 Å². The van der Waals surface area contributed by atoms with Crippen LogP contribution in [-0.4, -0.2) is 81.6 Å². The fourth-order valence-electron chi connectivity index (χ4n) is 3.26. The van der Waals surface area contributed by atoms with Gasteiger partial charge in [0.2, 0.25) is 0 Å². The molecule has 3 N–H and O–H groups in total. The van der Waals surface area contributed by atoms with Crippen LogP contribution >= 0.6 is 0 Å². The molecule has 0 bridgehead atoms. The van der Waals surface area contributed by atoms with E-state index in [0.29, 0.717) is 62.1 Å². The van der Waals surface area contributed by atoms with Gasteiger partial charge in [0.05, 0.1) is 37.7 Å². The van der Waals surface area contributed by atoms with E-state index < -0.39 is 0 Å². The molecule has 0 spiro atoms. The van der Waals surface area contributed by atoms with Crippen molar-refractivity contribution in [2.75, 3.05) is 64.6 Å². The lowest BCUT2D eigenvalue weighted by Gasteiger charge is -2.29. The van der Waals surface area contributed by atoms with Gasteiger partial charge in [0.25, 0.3) is 11.8 Å². The number of hydrogen-bond acceptors (Lipinski definition) is 7. The Balaban J connectivity index is 1.91. The molecule has 3 rings (SSSR count). The third-order valence-electron chi connectivity index (χ3n) is 4.84. The number of hydrogen-bond donors (Lipinski definition) is 3. The van der Waals surface area contributed by atoms with Gasteiger partial charge in [-0.3, -0.25) is 9.59 Å². The Morgan fingerprint density at radius 3 is 2.65 bits per heavy atom. The minimum Gasteiger partial charge on any atom is -0.395 e. The molecule has 9 nitrogen and oxygen atoms in total. The standard InChI is InChI=1S/C22H28N4O5/c1-30-12-8-24-22(29)18-5-6-19(25-20(18)26-9-13-31-14-10-26)16-3-2-4-17(15-16)21(28)23-7-11-27/h2-6,15,27H,7-14H2,1H3,(H,23,28)(H,24,29). The molecule has 2 amide bonds. The van der Waals surface area contributed by atoms with Crippen molar-refractivity contribution in [3.05, 3.63) is 47.5 Å². The number of nitrogens with zero attached hydrogens (tertiary/aromatic N) is 2. The maximum Gasteiger partial charge on any atom is 0.255 e. The van der Waals surface area contributed by atoms with Crippen LogP contribution in [0.1, 0.15) is 20.7 Å². The fraction of sp³-hybridized carbons (Fsp3) is 0.409. The van der Waals surface area contributed by atoms with Gasteiger partial charge in [-0.05, 0) is 24.3 Å². The lowest BCUT2D eigenvalue weighted by molar-refractivity contribution is 0.0931. The molecule has 0 unspecified atom stereocenters. The highest BCUT2D eigenvalue weighted by Gasteiger charge is 2.21. The molecule has 9 heteroatoms. The smallest absolute Gasteiger partial charge is 0.255 e. The highest BCUT2D eigenvalue weighted by Crippen LogP contribution is 2.26. The van der Waals surface area contributed by atoms with E-state index in [-0.39, 0.29) is 25.0 Å². The molecule has 0 atom stereocenters. The highest BCUT2D eigenvalue weighted by molar-refractivity contribution is 5.99. The minimum atomic E-state index is -0.265. The average Bonchev–Trinajstić information content (AvgIpc) is 2.83. The van der Waals surface area contributed by atoms with E-state index in [1.807, 2.05) is 11.0 Å². The van der Waals surface area contributed by atoms with Crippen LogP contribution in [0.3, 0.4) is 0 Å². The summed E-state index contributed by atoms with van der Waals surface area (Å²) < 4.78 is 10.4. The number of methoxy groups -OCH3 is 1. The van der Waals surface area contributed by atoms with Crippen LogP contribution in [0.4, 0.5) is 5.82 Å². The van der Waals surface area contributed by atoms with E-state index in [4.69, 9.17) is 19.6 Å². The van der Waals surface area contributed by atoms with E-state index in [1.165, 1.54) is 0 Å². The molecule has 0 radical (unpaired) electrons. The second-order valence-electron chi connectivity index (χ2n) is 6.98. The molecule has 1 saturated heterocycles. The number of anilines is 1. The van der Waals surface area contributed by atoms with Gasteiger partial charge < -0.3 is 30.1 Å². The van der Waals surface area contributed by atoms with Crippen LogP contribution in [-0.2, 0) is 9.47 Å². The van der Waals surface area contributed by atoms with Crippen LogP contribution < -0.4 is 15.5 Å². The first kappa shape index (κ1) is 22.7.